The highest BCUT2D eigenvalue weighted by Gasteiger charge is 2.10. The third-order valence-electron chi connectivity index (χ3n) is 5.31. The van der Waals surface area contributed by atoms with Crippen molar-refractivity contribution in [3.05, 3.63) is 72.3 Å². The number of fused-ring (bicyclic) bond motifs is 1. The number of anilines is 1. The first-order valence-corrected chi connectivity index (χ1v) is 10.6. The first-order chi connectivity index (χ1) is 16.1. The van der Waals surface area contributed by atoms with Crippen LogP contribution in [0, 0.1) is 11.3 Å². The van der Waals surface area contributed by atoms with Crippen molar-refractivity contribution in [3.63, 3.8) is 0 Å². The van der Waals surface area contributed by atoms with Crippen molar-refractivity contribution in [2.45, 2.75) is 12.8 Å². The molecular formula is C26H24N4O3. The lowest BCUT2D eigenvalue weighted by Crippen LogP contribution is -2.12. The number of benzene rings is 3. The van der Waals surface area contributed by atoms with E-state index in [1.54, 1.807) is 18.2 Å². The maximum absolute atomic E-state index is 12.3. The van der Waals surface area contributed by atoms with Gasteiger partial charge in [-0.25, -0.2) is 4.98 Å². The van der Waals surface area contributed by atoms with Crippen molar-refractivity contribution >= 4 is 22.6 Å². The minimum absolute atomic E-state index is 0.0825. The summed E-state index contributed by atoms with van der Waals surface area (Å²) in [7, 11) is 3.52. The average molecular weight is 441 g/mol. The molecule has 4 aromatic rings. The Morgan fingerprint density at radius 3 is 2.61 bits per heavy atom. The lowest BCUT2D eigenvalue weighted by atomic mass is 10.2. The lowest BCUT2D eigenvalue weighted by molar-refractivity contribution is -0.116. The normalized spacial score (nSPS) is 10.6. The van der Waals surface area contributed by atoms with Gasteiger partial charge in [-0.05, 0) is 55.0 Å². The molecule has 1 amide bonds. The van der Waals surface area contributed by atoms with Crippen molar-refractivity contribution in [3.8, 4) is 29.0 Å². The van der Waals surface area contributed by atoms with Crippen molar-refractivity contribution in [1.82, 2.24) is 9.55 Å². The van der Waals surface area contributed by atoms with E-state index in [2.05, 4.69) is 16.0 Å². The van der Waals surface area contributed by atoms with Crippen LogP contribution in [0.4, 0.5) is 5.69 Å². The van der Waals surface area contributed by atoms with E-state index < -0.39 is 0 Å². The van der Waals surface area contributed by atoms with Gasteiger partial charge in [-0.3, -0.25) is 4.79 Å². The average Bonchev–Trinajstić information content (AvgIpc) is 3.19. The molecule has 0 unspecified atom stereocenters. The van der Waals surface area contributed by atoms with E-state index in [9.17, 15) is 4.79 Å². The largest absolute Gasteiger partial charge is 0.493 e. The Kier molecular flexibility index (Phi) is 6.56. The molecule has 1 N–H and O–H groups in total. The van der Waals surface area contributed by atoms with Crippen LogP contribution in [0.1, 0.15) is 18.4 Å². The zero-order valence-corrected chi connectivity index (χ0v) is 18.5. The highest BCUT2D eigenvalue weighted by molar-refractivity contribution is 5.91. The van der Waals surface area contributed by atoms with Crippen LogP contribution < -0.4 is 14.8 Å². The monoisotopic (exact) mass is 440 g/mol. The number of methoxy groups -OCH3 is 1. The fraction of sp³-hybridized carbons (Fsp3) is 0.192. The third-order valence-corrected chi connectivity index (χ3v) is 5.31. The molecule has 0 atom stereocenters. The van der Waals surface area contributed by atoms with Crippen LogP contribution in [-0.2, 0) is 11.8 Å². The Morgan fingerprint density at radius 1 is 1.09 bits per heavy atom. The minimum atomic E-state index is -0.0825. The second-order valence-corrected chi connectivity index (χ2v) is 7.54. The molecule has 0 aliphatic rings. The second-order valence-electron chi connectivity index (χ2n) is 7.54. The van der Waals surface area contributed by atoms with E-state index in [1.807, 2.05) is 55.6 Å². The molecule has 0 aliphatic carbocycles. The predicted molar refractivity (Wildman–Crippen MR) is 127 cm³/mol. The molecule has 3 aromatic carbocycles. The minimum Gasteiger partial charge on any atom is -0.493 e. The summed E-state index contributed by atoms with van der Waals surface area (Å²) in [5.74, 6) is 1.85. The molecular weight excluding hydrogens is 416 g/mol. The molecule has 0 bridgehead atoms. The number of nitriles is 1. The Labute approximate surface area is 192 Å². The first-order valence-electron chi connectivity index (χ1n) is 10.6. The van der Waals surface area contributed by atoms with Gasteiger partial charge < -0.3 is 19.4 Å². The maximum atomic E-state index is 12.3. The summed E-state index contributed by atoms with van der Waals surface area (Å²) < 4.78 is 13.0. The number of imidazole rings is 1. The van der Waals surface area contributed by atoms with Gasteiger partial charge in [0.2, 0.25) is 5.91 Å². The molecule has 7 heteroatoms. The van der Waals surface area contributed by atoms with Crippen LogP contribution in [0.2, 0.25) is 0 Å². The summed E-state index contributed by atoms with van der Waals surface area (Å²) in [5, 5.41) is 11.9. The Hall–Kier alpha value is -4.31. The van der Waals surface area contributed by atoms with Gasteiger partial charge in [0.05, 0.1) is 36.4 Å². The summed E-state index contributed by atoms with van der Waals surface area (Å²) in [4.78, 5) is 17.0. The van der Waals surface area contributed by atoms with E-state index in [4.69, 9.17) is 19.7 Å². The zero-order valence-electron chi connectivity index (χ0n) is 18.5. The summed E-state index contributed by atoms with van der Waals surface area (Å²) >= 11 is 0. The SMILES string of the molecule is COc1cc(C#N)ccc1OCCCC(=O)Nc1ccc(-c2nc3ccccc3n2C)cc1. The van der Waals surface area contributed by atoms with Gasteiger partial charge in [-0.1, -0.05) is 12.1 Å². The van der Waals surface area contributed by atoms with Crippen LogP contribution in [-0.4, -0.2) is 29.2 Å². The fourth-order valence-corrected chi connectivity index (χ4v) is 3.60. The van der Waals surface area contributed by atoms with Crippen molar-refractivity contribution in [2.24, 2.45) is 7.05 Å². The molecule has 0 aliphatic heterocycles. The number of para-hydroxylation sites is 2. The van der Waals surface area contributed by atoms with Crippen LogP contribution in [0.25, 0.3) is 22.4 Å². The number of aryl methyl sites for hydroxylation is 1. The topological polar surface area (TPSA) is 89.2 Å². The predicted octanol–water partition coefficient (Wildman–Crippen LogP) is 4.92. The maximum Gasteiger partial charge on any atom is 0.224 e. The van der Waals surface area contributed by atoms with Gasteiger partial charge in [-0.2, -0.15) is 5.26 Å². The van der Waals surface area contributed by atoms with Crippen molar-refractivity contribution < 1.29 is 14.3 Å². The highest BCUT2D eigenvalue weighted by Crippen LogP contribution is 2.28. The van der Waals surface area contributed by atoms with Gasteiger partial charge in [0, 0.05) is 30.8 Å². The number of aromatic nitrogens is 2. The molecule has 0 radical (unpaired) electrons. The summed E-state index contributed by atoms with van der Waals surface area (Å²) in [6.45, 7) is 0.362. The third kappa shape index (κ3) is 4.96. The zero-order chi connectivity index (χ0) is 23.2. The standard InChI is InChI=1S/C26H24N4O3/c1-30-22-7-4-3-6-21(22)29-26(30)19-10-12-20(13-11-19)28-25(31)8-5-15-33-23-14-9-18(17-27)16-24(23)32-2/h3-4,6-7,9-14,16H,5,8,15H2,1-2H3,(H,28,31). The number of rotatable bonds is 8. The molecule has 33 heavy (non-hydrogen) atoms. The molecule has 7 nitrogen and oxygen atoms in total. The van der Waals surface area contributed by atoms with E-state index >= 15 is 0 Å². The number of hydrogen-bond donors (Lipinski definition) is 1. The Morgan fingerprint density at radius 2 is 1.88 bits per heavy atom. The lowest BCUT2D eigenvalue weighted by Gasteiger charge is -2.11. The smallest absolute Gasteiger partial charge is 0.224 e. The molecule has 0 saturated heterocycles. The molecule has 166 valence electrons. The molecule has 4 rings (SSSR count). The molecule has 1 aromatic heterocycles. The number of nitrogens with zero attached hydrogens (tertiary/aromatic N) is 3. The van der Waals surface area contributed by atoms with E-state index in [-0.39, 0.29) is 5.91 Å². The molecule has 0 saturated carbocycles. The van der Waals surface area contributed by atoms with Crippen LogP contribution in [0.5, 0.6) is 11.5 Å². The second kappa shape index (κ2) is 9.88. The number of ether oxygens (including phenoxy) is 2. The van der Waals surface area contributed by atoms with Gasteiger partial charge in [0.15, 0.2) is 11.5 Å². The van der Waals surface area contributed by atoms with E-state index in [0.29, 0.717) is 36.5 Å². The molecule has 0 fully saturated rings. The quantitative estimate of drug-likeness (QED) is 0.393. The summed E-state index contributed by atoms with van der Waals surface area (Å²) in [6, 6.07) is 22.7. The van der Waals surface area contributed by atoms with Crippen LogP contribution in [0.3, 0.4) is 0 Å². The summed E-state index contributed by atoms with van der Waals surface area (Å²) in [5.41, 5.74) is 4.24. The van der Waals surface area contributed by atoms with Crippen LogP contribution >= 0.6 is 0 Å². The van der Waals surface area contributed by atoms with E-state index in [0.717, 1.165) is 28.1 Å². The van der Waals surface area contributed by atoms with Gasteiger partial charge in [-0.15, -0.1) is 0 Å². The van der Waals surface area contributed by atoms with Crippen molar-refractivity contribution in [2.75, 3.05) is 19.0 Å². The number of hydrogen-bond acceptors (Lipinski definition) is 5. The highest BCUT2D eigenvalue weighted by atomic mass is 16.5. The summed E-state index contributed by atoms with van der Waals surface area (Å²) in [6.07, 6.45) is 0.873. The van der Waals surface area contributed by atoms with Gasteiger partial charge in [0.1, 0.15) is 5.82 Å². The molecule has 0 spiro atoms. The number of carbonyl (C=O) groups excluding carboxylic acids is 1. The van der Waals surface area contributed by atoms with Gasteiger partial charge >= 0.3 is 0 Å². The number of nitrogens with one attached hydrogen (secondary N) is 1. The van der Waals surface area contributed by atoms with Crippen LogP contribution in [0.15, 0.2) is 66.7 Å². The first kappa shape index (κ1) is 21.9. The Bertz CT molecular complexity index is 1320. The molecule has 1 heterocycles. The Balaban J connectivity index is 1.29. The fourth-order valence-electron chi connectivity index (χ4n) is 3.60. The van der Waals surface area contributed by atoms with Gasteiger partial charge in [0.25, 0.3) is 0 Å². The number of amides is 1. The van der Waals surface area contributed by atoms with Crippen molar-refractivity contribution in [1.29, 1.82) is 5.26 Å². The number of carbonyl (C=O) groups is 1. The van der Waals surface area contributed by atoms with E-state index in [1.165, 1.54) is 7.11 Å².